The van der Waals surface area contributed by atoms with Gasteiger partial charge in [0.05, 0.1) is 0 Å². The van der Waals surface area contributed by atoms with Crippen LogP contribution in [0.1, 0.15) is 23.7 Å². The van der Waals surface area contributed by atoms with Gasteiger partial charge in [0.1, 0.15) is 11.5 Å². The molecule has 2 N–H and O–H groups in total. The lowest BCUT2D eigenvalue weighted by molar-refractivity contribution is -0.115. The lowest BCUT2D eigenvalue weighted by atomic mass is 10.1. The van der Waals surface area contributed by atoms with Gasteiger partial charge in [0.2, 0.25) is 5.91 Å². The maximum Gasteiger partial charge on any atom is 0.226 e. The normalized spacial score (nSPS) is 10.2. The van der Waals surface area contributed by atoms with Crippen LogP contribution >= 0.6 is 0 Å². The number of amides is 1. The summed E-state index contributed by atoms with van der Waals surface area (Å²) in [7, 11) is 0. The number of hydrogen-bond acceptors (Lipinski definition) is 4. The molecule has 3 aromatic rings. The number of ether oxygens (including phenoxy) is 1. The second-order valence-corrected chi connectivity index (χ2v) is 6.30. The van der Waals surface area contributed by atoms with E-state index < -0.39 is 0 Å². The minimum atomic E-state index is -0.0906. The largest absolute Gasteiger partial charge is 0.457 e. The van der Waals surface area contributed by atoms with Gasteiger partial charge in [-0.3, -0.25) is 9.59 Å². The molecule has 5 nitrogen and oxygen atoms in total. The van der Waals surface area contributed by atoms with Gasteiger partial charge in [0, 0.05) is 29.9 Å². The van der Waals surface area contributed by atoms with Crippen molar-refractivity contribution in [2.24, 2.45) is 0 Å². The Morgan fingerprint density at radius 3 is 2.04 bits per heavy atom. The zero-order valence-electron chi connectivity index (χ0n) is 15.6. The minimum Gasteiger partial charge on any atom is -0.457 e. The standard InChI is InChI=1S/C23H22N2O3/c1-17(26)18-7-9-20(10-8-18)25-23(27)15-16-24-19-11-13-22(14-12-19)28-21-5-3-2-4-6-21/h2-14,24H,15-16H2,1H3,(H,25,27). The molecule has 0 unspecified atom stereocenters. The average Bonchev–Trinajstić information content (AvgIpc) is 2.70. The highest BCUT2D eigenvalue weighted by atomic mass is 16.5. The molecule has 0 saturated heterocycles. The van der Waals surface area contributed by atoms with Crippen molar-refractivity contribution in [3.63, 3.8) is 0 Å². The highest BCUT2D eigenvalue weighted by molar-refractivity contribution is 5.95. The molecule has 0 aliphatic heterocycles. The Hall–Kier alpha value is -3.60. The van der Waals surface area contributed by atoms with Crippen molar-refractivity contribution in [3.8, 4) is 11.5 Å². The summed E-state index contributed by atoms with van der Waals surface area (Å²) in [5.74, 6) is 1.45. The number of Topliss-reactive ketones (excluding diaryl/α,β-unsaturated/α-hetero) is 1. The van der Waals surface area contributed by atoms with Crippen molar-refractivity contribution in [3.05, 3.63) is 84.4 Å². The molecule has 0 aliphatic carbocycles. The fourth-order valence-corrected chi connectivity index (χ4v) is 2.60. The third-order valence-corrected chi connectivity index (χ3v) is 4.09. The van der Waals surface area contributed by atoms with Crippen molar-refractivity contribution < 1.29 is 14.3 Å². The Morgan fingerprint density at radius 1 is 0.786 bits per heavy atom. The summed E-state index contributed by atoms with van der Waals surface area (Å²) in [5, 5.41) is 6.04. The first-order chi connectivity index (χ1) is 13.6. The lowest BCUT2D eigenvalue weighted by Crippen LogP contribution is -2.16. The first-order valence-corrected chi connectivity index (χ1v) is 9.08. The fraction of sp³-hybridized carbons (Fsp3) is 0.130. The number of para-hydroxylation sites is 1. The molecule has 1 amide bonds. The molecule has 0 spiro atoms. The van der Waals surface area contributed by atoms with Crippen molar-refractivity contribution in [2.75, 3.05) is 17.2 Å². The SMILES string of the molecule is CC(=O)c1ccc(NC(=O)CCNc2ccc(Oc3ccccc3)cc2)cc1. The Labute approximate surface area is 164 Å². The van der Waals surface area contributed by atoms with E-state index in [2.05, 4.69) is 10.6 Å². The summed E-state index contributed by atoms with van der Waals surface area (Å²) in [6.45, 7) is 2.02. The van der Waals surface area contributed by atoms with E-state index in [4.69, 9.17) is 4.74 Å². The summed E-state index contributed by atoms with van der Waals surface area (Å²) >= 11 is 0. The van der Waals surface area contributed by atoms with Gasteiger partial charge in [0.15, 0.2) is 5.78 Å². The molecule has 3 aromatic carbocycles. The summed E-state index contributed by atoms with van der Waals surface area (Å²) in [4.78, 5) is 23.3. The predicted molar refractivity (Wildman–Crippen MR) is 111 cm³/mol. The number of rotatable bonds is 8. The van der Waals surface area contributed by atoms with E-state index in [1.807, 2.05) is 54.6 Å². The van der Waals surface area contributed by atoms with E-state index in [1.54, 1.807) is 24.3 Å². The number of anilines is 2. The number of carbonyl (C=O) groups is 2. The molecular weight excluding hydrogens is 352 g/mol. The highest BCUT2D eigenvalue weighted by Crippen LogP contribution is 2.22. The molecule has 0 heterocycles. The average molecular weight is 374 g/mol. The van der Waals surface area contributed by atoms with E-state index >= 15 is 0 Å². The van der Waals surface area contributed by atoms with Crippen LogP contribution in [0.25, 0.3) is 0 Å². The van der Waals surface area contributed by atoms with Crippen LogP contribution in [-0.4, -0.2) is 18.2 Å². The predicted octanol–water partition coefficient (Wildman–Crippen LogP) is 5.12. The molecule has 0 saturated carbocycles. The maximum absolute atomic E-state index is 12.0. The van der Waals surface area contributed by atoms with Gasteiger partial charge >= 0.3 is 0 Å². The minimum absolute atomic E-state index is 0.00210. The van der Waals surface area contributed by atoms with Gasteiger partial charge < -0.3 is 15.4 Å². The Bertz CT molecular complexity index is 920. The molecule has 3 rings (SSSR count). The number of nitrogens with one attached hydrogen (secondary N) is 2. The van der Waals surface area contributed by atoms with Crippen LogP contribution in [0.2, 0.25) is 0 Å². The van der Waals surface area contributed by atoms with Crippen LogP contribution in [0.3, 0.4) is 0 Å². The first kappa shape index (κ1) is 19.2. The van der Waals surface area contributed by atoms with Crippen molar-refractivity contribution in [1.82, 2.24) is 0 Å². The van der Waals surface area contributed by atoms with Gasteiger partial charge in [0.25, 0.3) is 0 Å². The second-order valence-electron chi connectivity index (χ2n) is 6.30. The number of ketones is 1. The topological polar surface area (TPSA) is 67.4 Å². The van der Waals surface area contributed by atoms with Gasteiger partial charge in [-0.25, -0.2) is 0 Å². The Balaban J connectivity index is 1.43. The maximum atomic E-state index is 12.0. The van der Waals surface area contributed by atoms with Crippen LogP contribution in [0.5, 0.6) is 11.5 Å². The fourth-order valence-electron chi connectivity index (χ4n) is 2.60. The van der Waals surface area contributed by atoms with Gasteiger partial charge in [-0.05, 0) is 67.6 Å². The monoisotopic (exact) mass is 374 g/mol. The van der Waals surface area contributed by atoms with E-state index in [-0.39, 0.29) is 11.7 Å². The molecule has 28 heavy (non-hydrogen) atoms. The van der Waals surface area contributed by atoms with Gasteiger partial charge in [-0.15, -0.1) is 0 Å². The van der Waals surface area contributed by atoms with Crippen molar-refractivity contribution in [2.45, 2.75) is 13.3 Å². The first-order valence-electron chi connectivity index (χ1n) is 9.08. The third kappa shape index (κ3) is 5.71. The number of carbonyl (C=O) groups excluding carboxylic acids is 2. The molecule has 0 bridgehead atoms. The summed E-state index contributed by atoms with van der Waals surface area (Å²) in [6, 6.07) is 24.0. The molecule has 0 aliphatic rings. The van der Waals surface area contributed by atoms with E-state index in [1.165, 1.54) is 6.92 Å². The van der Waals surface area contributed by atoms with E-state index in [0.29, 0.717) is 24.2 Å². The van der Waals surface area contributed by atoms with Crippen LogP contribution in [0.15, 0.2) is 78.9 Å². The zero-order valence-corrected chi connectivity index (χ0v) is 15.6. The summed E-state index contributed by atoms with van der Waals surface area (Å²) < 4.78 is 5.75. The Kier molecular flexibility index (Phi) is 6.41. The summed E-state index contributed by atoms with van der Waals surface area (Å²) in [5.41, 5.74) is 2.22. The van der Waals surface area contributed by atoms with Crippen LogP contribution in [0.4, 0.5) is 11.4 Å². The molecule has 0 radical (unpaired) electrons. The molecular formula is C23H22N2O3. The van der Waals surface area contributed by atoms with Crippen LogP contribution in [-0.2, 0) is 4.79 Å². The van der Waals surface area contributed by atoms with Crippen LogP contribution < -0.4 is 15.4 Å². The van der Waals surface area contributed by atoms with Gasteiger partial charge in [-0.1, -0.05) is 18.2 Å². The quantitative estimate of drug-likeness (QED) is 0.537. The lowest BCUT2D eigenvalue weighted by Gasteiger charge is -2.09. The molecule has 0 aromatic heterocycles. The smallest absolute Gasteiger partial charge is 0.226 e. The number of hydrogen-bond donors (Lipinski definition) is 2. The second kappa shape index (κ2) is 9.37. The van der Waals surface area contributed by atoms with Gasteiger partial charge in [-0.2, -0.15) is 0 Å². The molecule has 5 heteroatoms. The van der Waals surface area contributed by atoms with E-state index in [0.717, 1.165) is 17.2 Å². The number of benzene rings is 3. The summed E-state index contributed by atoms with van der Waals surface area (Å²) in [6.07, 6.45) is 0.330. The Morgan fingerprint density at radius 2 is 1.39 bits per heavy atom. The van der Waals surface area contributed by atoms with Crippen LogP contribution in [0, 0.1) is 0 Å². The highest BCUT2D eigenvalue weighted by Gasteiger charge is 2.04. The third-order valence-electron chi connectivity index (χ3n) is 4.09. The molecule has 142 valence electrons. The van der Waals surface area contributed by atoms with Crippen molar-refractivity contribution in [1.29, 1.82) is 0 Å². The zero-order chi connectivity index (χ0) is 19.8. The molecule has 0 fully saturated rings. The molecule has 0 atom stereocenters. The van der Waals surface area contributed by atoms with Crippen molar-refractivity contribution >= 4 is 23.1 Å². The van der Waals surface area contributed by atoms with E-state index in [9.17, 15) is 9.59 Å².